The number of halogens is 2. The minimum absolute atomic E-state index is 0.0729. The molecule has 0 radical (unpaired) electrons. The number of aliphatic hydroxyl groups is 1. The molecule has 0 aromatic carbocycles. The summed E-state index contributed by atoms with van der Waals surface area (Å²) in [5.74, 6) is -0.0729. The van der Waals surface area contributed by atoms with Gasteiger partial charge in [0, 0.05) is 28.3 Å². The molecule has 172 valence electrons. The first kappa shape index (κ1) is 23.9. The fraction of sp³-hybridized carbons (Fsp3) is 0.455. The van der Waals surface area contributed by atoms with Crippen molar-refractivity contribution in [2.45, 2.75) is 51.4 Å². The molecule has 1 saturated heterocycles. The topological polar surface area (TPSA) is 71.9 Å². The van der Waals surface area contributed by atoms with Crippen LogP contribution in [0.4, 0.5) is 10.5 Å². The van der Waals surface area contributed by atoms with Gasteiger partial charge in [0.15, 0.2) is 0 Å². The summed E-state index contributed by atoms with van der Waals surface area (Å²) in [6.45, 7) is 6.77. The molecule has 10 heteroatoms. The Labute approximate surface area is 208 Å². The van der Waals surface area contributed by atoms with Gasteiger partial charge in [-0.25, -0.2) is 9.78 Å². The second-order valence-corrected chi connectivity index (χ2v) is 11.9. The van der Waals surface area contributed by atoms with Crippen LogP contribution in [0.3, 0.4) is 0 Å². The predicted octanol–water partition coefficient (Wildman–Crippen LogP) is 6.58. The maximum Gasteiger partial charge on any atom is 0.415 e. The van der Waals surface area contributed by atoms with E-state index < -0.39 is 17.8 Å². The van der Waals surface area contributed by atoms with Gasteiger partial charge in [0.2, 0.25) is 0 Å². The Hall–Kier alpha value is -1.23. The summed E-state index contributed by atoms with van der Waals surface area (Å²) in [6.07, 6.45) is -0.340. The van der Waals surface area contributed by atoms with Crippen molar-refractivity contribution in [1.29, 1.82) is 0 Å². The lowest BCUT2D eigenvalue weighted by Gasteiger charge is -2.27. The lowest BCUT2D eigenvalue weighted by molar-refractivity contribution is -0.0198. The molecule has 0 spiro atoms. The number of hydrogen-bond donors (Lipinski definition) is 1. The van der Waals surface area contributed by atoms with Gasteiger partial charge < -0.3 is 14.6 Å². The number of pyridine rings is 1. The van der Waals surface area contributed by atoms with E-state index in [1.165, 1.54) is 11.3 Å². The molecule has 32 heavy (non-hydrogen) atoms. The molecule has 6 nitrogen and oxygen atoms in total. The molecule has 4 heterocycles. The minimum Gasteiger partial charge on any atom is -0.443 e. The Morgan fingerprint density at radius 3 is 2.91 bits per heavy atom. The zero-order valence-corrected chi connectivity index (χ0v) is 21.9. The first-order valence-electron chi connectivity index (χ1n) is 10.2. The number of thiophene rings is 2. The number of fused-ring (bicyclic) bond motifs is 1. The minimum atomic E-state index is -0.645. The van der Waals surface area contributed by atoms with Crippen molar-refractivity contribution in [2.75, 3.05) is 18.1 Å². The molecule has 2 atom stereocenters. The average Bonchev–Trinajstić information content (AvgIpc) is 3.33. The van der Waals surface area contributed by atoms with Gasteiger partial charge in [-0.2, -0.15) is 0 Å². The Morgan fingerprint density at radius 1 is 1.47 bits per heavy atom. The van der Waals surface area contributed by atoms with Crippen molar-refractivity contribution >= 4 is 72.2 Å². The number of anilines is 1. The van der Waals surface area contributed by atoms with Gasteiger partial charge in [-0.15, -0.1) is 22.7 Å². The quantitative estimate of drug-likeness (QED) is 0.366. The van der Waals surface area contributed by atoms with Crippen LogP contribution < -0.4 is 4.90 Å². The number of carbonyl (C=O) groups excluding carboxylic acids is 1. The molecule has 3 aromatic rings. The highest BCUT2D eigenvalue weighted by Crippen LogP contribution is 2.46. The molecule has 1 N–H and O–H groups in total. The van der Waals surface area contributed by atoms with Gasteiger partial charge >= 0.3 is 6.09 Å². The maximum atomic E-state index is 13.3. The number of amides is 1. The van der Waals surface area contributed by atoms with E-state index in [0.717, 1.165) is 18.9 Å². The highest BCUT2D eigenvalue weighted by Gasteiger charge is 2.32. The van der Waals surface area contributed by atoms with Crippen LogP contribution in [0.15, 0.2) is 28.1 Å². The van der Waals surface area contributed by atoms with Gasteiger partial charge in [-0.05, 0) is 54.6 Å². The highest BCUT2D eigenvalue weighted by atomic mass is 79.9. The summed E-state index contributed by atoms with van der Waals surface area (Å²) in [6, 6.07) is 5.64. The van der Waals surface area contributed by atoms with Crippen LogP contribution in [-0.4, -0.2) is 41.1 Å². The van der Waals surface area contributed by atoms with Crippen molar-refractivity contribution in [3.8, 4) is 0 Å². The monoisotopic (exact) mass is 558 g/mol. The Balaban J connectivity index is 1.83. The van der Waals surface area contributed by atoms with Gasteiger partial charge in [0.1, 0.15) is 10.8 Å². The Kier molecular flexibility index (Phi) is 7.14. The highest BCUT2D eigenvalue weighted by molar-refractivity contribution is 9.10. The molecule has 1 aliphatic heterocycles. The van der Waals surface area contributed by atoms with Crippen LogP contribution in [0.5, 0.6) is 0 Å². The number of ether oxygens (including phenoxy) is 2. The van der Waals surface area contributed by atoms with Crippen molar-refractivity contribution in [2.24, 2.45) is 0 Å². The van der Waals surface area contributed by atoms with Crippen molar-refractivity contribution in [3.05, 3.63) is 43.0 Å². The molecule has 0 unspecified atom stereocenters. The van der Waals surface area contributed by atoms with Gasteiger partial charge in [0.05, 0.1) is 39.6 Å². The van der Waals surface area contributed by atoms with Crippen LogP contribution >= 0.6 is 50.2 Å². The average molecular weight is 560 g/mol. The molecule has 1 aliphatic rings. The number of rotatable bonds is 4. The van der Waals surface area contributed by atoms with Gasteiger partial charge in [-0.1, -0.05) is 17.7 Å². The lowest BCUT2D eigenvalue weighted by Crippen LogP contribution is -2.36. The van der Waals surface area contributed by atoms with E-state index in [1.54, 1.807) is 22.3 Å². The summed E-state index contributed by atoms with van der Waals surface area (Å²) in [5.41, 5.74) is 0.667. The number of aromatic nitrogens is 1. The molecule has 4 rings (SSSR count). The second kappa shape index (κ2) is 9.56. The fourth-order valence-electron chi connectivity index (χ4n) is 3.60. The third-order valence-electron chi connectivity index (χ3n) is 5.02. The summed E-state index contributed by atoms with van der Waals surface area (Å²) in [5, 5.41) is 12.8. The number of aliphatic hydroxyl groups excluding tert-OH is 1. The molecular weight excluding hydrogens is 536 g/mol. The fourth-order valence-corrected chi connectivity index (χ4v) is 6.79. The molecule has 1 fully saturated rings. The van der Waals surface area contributed by atoms with Crippen LogP contribution in [0.2, 0.25) is 5.15 Å². The van der Waals surface area contributed by atoms with E-state index in [0.29, 0.717) is 37.4 Å². The lowest BCUT2D eigenvalue weighted by atomic mass is 9.95. The van der Waals surface area contributed by atoms with Crippen molar-refractivity contribution in [1.82, 2.24) is 4.98 Å². The largest absolute Gasteiger partial charge is 0.443 e. The zero-order chi connectivity index (χ0) is 23.0. The Bertz CT molecular complexity index is 1110. The molecule has 0 bridgehead atoms. The predicted molar refractivity (Wildman–Crippen MR) is 133 cm³/mol. The molecule has 0 aliphatic carbocycles. The van der Waals surface area contributed by atoms with E-state index >= 15 is 0 Å². The molecular formula is C22H24BrClN2O4S2. The maximum absolute atomic E-state index is 13.3. The van der Waals surface area contributed by atoms with Gasteiger partial charge in [0.25, 0.3) is 0 Å². The van der Waals surface area contributed by atoms with Gasteiger partial charge in [-0.3, -0.25) is 4.90 Å². The summed E-state index contributed by atoms with van der Waals surface area (Å²) >= 11 is 13.2. The first-order valence-corrected chi connectivity index (χ1v) is 13.1. The zero-order valence-electron chi connectivity index (χ0n) is 17.9. The smallest absolute Gasteiger partial charge is 0.415 e. The van der Waals surface area contributed by atoms with Crippen molar-refractivity contribution < 1.29 is 19.4 Å². The number of carbonyl (C=O) groups is 1. The normalized spacial score (nSPS) is 19.3. The van der Waals surface area contributed by atoms with E-state index in [1.807, 2.05) is 38.3 Å². The molecule has 1 amide bonds. The standard InChI is InChI=1S/C22H24BrClN2O4S2/c1-22(2,3)30-21(28)26(10-12-5-4-8-31-12)14-9-16(24)25-18-17(23)19(32-20(14)18)13-6-7-29-11-15(13)27/h4-5,8-9,13,15,27H,6-7,10-11H2,1-3H3/t13-,15-/m1/s1. The number of nitrogens with zero attached hydrogens (tertiary/aromatic N) is 2. The van der Waals surface area contributed by atoms with Crippen LogP contribution in [-0.2, 0) is 16.0 Å². The van der Waals surface area contributed by atoms with Crippen LogP contribution in [0.25, 0.3) is 10.2 Å². The summed E-state index contributed by atoms with van der Waals surface area (Å²) in [4.78, 5) is 21.4. The van der Waals surface area contributed by atoms with Crippen LogP contribution in [0, 0.1) is 0 Å². The summed E-state index contributed by atoms with van der Waals surface area (Å²) < 4.78 is 12.7. The third-order valence-corrected chi connectivity index (χ3v) is 8.47. The van der Waals surface area contributed by atoms with Crippen molar-refractivity contribution in [3.63, 3.8) is 0 Å². The van der Waals surface area contributed by atoms with Crippen LogP contribution in [0.1, 0.15) is 42.9 Å². The number of hydrogen-bond acceptors (Lipinski definition) is 7. The third kappa shape index (κ3) is 5.13. The summed E-state index contributed by atoms with van der Waals surface area (Å²) in [7, 11) is 0. The molecule has 0 saturated carbocycles. The van der Waals surface area contributed by atoms with E-state index in [-0.39, 0.29) is 11.1 Å². The second-order valence-electron chi connectivity index (χ2n) is 8.61. The van der Waals surface area contributed by atoms with E-state index in [2.05, 4.69) is 20.9 Å². The SMILES string of the molecule is CC(C)(C)OC(=O)N(Cc1cccs1)c1cc(Cl)nc2c(Br)c([C@@H]3CCOC[C@H]3O)sc12. The van der Waals surface area contributed by atoms with E-state index in [4.69, 9.17) is 21.1 Å². The van der Waals surface area contributed by atoms with E-state index in [9.17, 15) is 9.90 Å². The first-order chi connectivity index (χ1) is 15.1. The molecule has 3 aromatic heterocycles. The Morgan fingerprint density at radius 2 is 2.25 bits per heavy atom.